The Morgan fingerprint density at radius 2 is 1.75 bits per heavy atom. The fourth-order valence-electron chi connectivity index (χ4n) is 2.31. The average Bonchev–Trinajstić information content (AvgIpc) is 1.97. The third kappa shape index (κ3) is 3.92. The summed E-state index contributed by atoms with van der Waals surface area (Å²) in [5, 5.41) is 2.20. The third-order valence-corrected chi connectivity index (χ3v) is 2.85. The maximum Gasteiger partial charge on any atom is 0.401 e. The molecule has 0 amide bonds. The van der Waals surface area contributed by atoms with Crippen molar-refractivity contribution in [3.63, 3.8) is 0 Å². The monoisotopic (exact) mass is 240 g/mol. The van der Waals surface area contributed by atoms with Crippen molar-refractivity contribution >= 4 is 0 Å². The van der Waals surface area contributed by atoms with Crippen molar-refractivity contribution in [2.75, 3.05) is 47.3 Å². The number of nitrogens with zero attached hydrogens (tertiary/aromatic N) is 3. The van der Waals surface area contributed by atoms with Gasteiger partial charge in [-0.15, -0.1) is 0 Å². The van der Waals surface area contributed by atoms with E-state index in [1.165, 1.54) is 4.90 Å². The van der Waals surface area contributed by atoms with Crippen LogP contribution in [0.1, 0.15) is 6.92 Å². The zero-order valence-electron chi connectivity index (χ0n) is 10.4. The Morgan fingerprint density at radius 1 is 1.19 bits per heavy atom. The second kappa shape index (κ2) is 4.50. The van der Waals surface area contributed by atoms with E-state index in [1.54, 1.807) is 0 Å². The smallest absolute Gasteiger partial charge is 0.292 e. The second-order valence-corrected chi connectivity index (χ2v) is 5.30. The molecule has 0 N–H and O–H groups in total. The highest BCUT2D eigenvalue weighted by atomic mass is 19.4. The summed E-state index contributed by atoms with van der Waals surface area (Å²) in [6.45, 7) is 2.84. The minimum atomic E-state index is -4.08. The Morgan fingerprint density at radius 3 is 2.12 bits per heavy atom. The molecule has 3 nitrogen and oxygen atoms in total. The first-order valence-corrected chi connectivity index (χ1v) is 5.47. The van der Waals surface area contributed by atoms with Crippen LogP contribution in [-0.2, 0) is 0 Å². The molecular weight excluding hydrogens is 219 g/mol. The number of rotatable bonds is 2. The van der Waals surface area contributed by atoms with Gasteiger partial charge in [-0.1, -0.05) is 0 Å². The number of halogens is 3. The summed E-state index contributed by atoms with van der Waals surface area (Å²) in [6, 6.07) is 0.149. The first-order chi connectivity index (χ1) is 7.09. The lowest BCUT2D eigenvalue weighted by molar-refractivity contribution is -0.991. The van der Waals surface area contributed by atoms with Crippen LogP contribution in [0.3, 0.4) is 0 Å². The quantitative estimate of drug-likeness (QED) is 0.669. The molecule has 0 spiro atoms. The van der Waals surface area contributed by atoms with Gasteiger partial charge in [-0.05, 0) is 6.92 Å². The van der Waals surface area contributed by atoms with Crippen LogP contribution in [0.4, 0.5) is 13.2 Å². The molecule has 1 aliphatic rings. The molecule has 0 aromatic rings. The van der Waals surface area contributed by atoms with Gasteiger partial charge in [-0.3, -0.25) is 9.49 Å². The SMILES string of the molecule is C[C@@H]1CN(CC(F)(F)F)CCN1[N+](C)(C)C. The predicted octanol–water partition coefficient (Wildman–Crippen LogP) is 1.18. The molecule has 0 aromatic heterocycles. The topological polar surface area (TPSA) is 6.48 Å². The Kier molecular flexibility index (Phi) is 3.87. The Labute approximate surface area is 95.0 Å². The van der Waals surface area contributed by atoms with Gasteiger partial charge in [0.15, 0.2) is 0 Å². The lowest BCUT2D eigenvalue weighted by Gasteiger charge is -2.46. The highest BCUT2D eigenvalue weighted by Gasteiger charge is 2.37. The lowest BCUT2D eigenvalue weighted by Crippen LogP contribution is -2.63. The van der Waals surface area contributed by atoms with Crippen LogP contribution >= 0.6 is 0 Å². The van der Waals surface area contributed by atoms with Crippen LogP contribution in [0.2, 0.25) is 0 Å². The number of quaternary nitrogens is 1. The molecule has 0 saturated carbocycles. The predicted molar refractivity (Wildman–Crippen MR) is 56.7 cm³/mol. The molecule has 1 fully saturated rings. The van der Waals surface area contributed by atoms with Crippen molar-refractivity contribution in [2.45, 2.75) is 19.1 Å². The highest BCUT2D eigenvalue weighted by molar-refractivity contribution is 4.76. The number of hydrogen-bond donors (Lipinski definition) is 0. The van der Waals surface area contributed by atoms with Gasteiger partial charge in [-0.25, -0.2) is 0 Å². The van der Waals surface area contributed by atoms with Gasteiger partial charge < -0.3 is 0 Å². The van der Waals surface area contributed by atoms with Crippen LogP contribution in [-0.4, -0.2) is 74.0 Å². The summed E-state index contributed by atoms with van der Waals surface area (Å²) >= 11 is 0. The van der Waals surface area contributed by atoms with E-state index < -0.39 is 12.7 Å². The van der Waals surface area contributed by atoms with E-state index in [0.717, 1.165) is 0 Å². The Bertz CT molecular complexity index is 234. The molecule has 1 rings (SSSR count). The van der Waals surface area contributed by atoms with E-state index >= 15 is 0 Å². The molecule has 1 heterocycles. The summed E-state index contributed by atoms with van der Waals surface area (Å²) in [7, 11) is 6.11. The van der Waals surface area contributed by atoms with Crippen LogP contribution in [0.15, 0.2) is 0 Å². The van der Waals surface area contributed by atoms with E-state index in [4.69, 9.17) is 0 Å². The normalized spacial score (nSPS) is 26.1. The maximum atomic E-state index is 12.2. The molecule has 1 atom stereocenters. The van der Waals surface area contributed by atoms with Gasteiger partial charge in [0, 0.05) is 13.1 Å². The molecule has 1 aliphatic heterocycles. The standard InChI is InChI=1S/C10H21F3N3/c1-9-7-14(8-10(11,12)13)5-6-15(9)16(2,3)4/h9H,5-8H2,1-4H3/q+1/t9-/m1/s1. The maximum absolute atomic E-state index is 12.2. The molecule has 96 valence electrons. The van der Waals surface area contributed by atoms with Crippen LogP contribution in [0.25, 0.3) is 0 Å². The largest absolute Gasteiger partial charge is 0.401 e. The van der Waals surface area contributed by atoms with Crippen molar-refractivity contribution in [1.29, 1.82) is 0 Å². The van der Waals surface area contributed by atoms with Crippen LogP contribution in [0, 0.1) is 0 Å². The lowest BCUT2D eigenvalue weighted by atomic mass is 10.2. The zero-order chi connectivity index (χ0) is 12.6. The summed E-state index contributed by atoms with van der Waals surface area (Å²) in [4.78, 5) is 1.48. The molecule has 6 heteroatoms. The van der Waals surface area contributed by atoms with E-state index in [1.807, 2.05) is 28.1 Å². The summed E-state index contributed by atoms with van der Waals surface area (Å²) in [6.07, 6.45) is -4.08. The summed E-state index contributed by atoms with van der Waals surface area (Å²) in [5.41, 5.74) is 0. The third-order valence-electron chi connectivity index (χ3n) is 2.85. The van der Waals surface area contributed by atoms with E-state index in [2.05, 4.69) is 5.01 Å². The Hall–Kier alpha value is -0.330. The summed E-state index contributed by atoms with van der Waals surface area (Å²) < 4.78 is 37.4. The number of hydrogen-bond acceptors (Lipinski definition) is 2. The summed E-state index contributed by atoms with van der Waals surface area (Å²) in [5.74, 6) is 0. The van der Waals surface area contributed by atoms with E-state index in [-0.39, 0.29) is 6.04 Å². The molecule has 0 unspecified atom stereocenters. The van der Waals surface area contributed by atoms with Gasteiger partial charge >= 0.3 is 6.18 Å². The van der Waals surface area contributed by atoms with Gasteiger partial charge in [0.25, 0.3) is 0 Å². The van der Waals surface area contributed by atoms with Crippen molar-refractivity contribution < 1.29 is 17.8 Å². The minimum Gasteiger partial charge on any atom is -0.292 e. The number of alkyl halides is 3. The van der Waals surface area contributed by atoms with Crippen LogP contribution in [0.5, 0.6) is 0 Å². The molecule has 0 aliphatic carbocycles. The van der Waals surface area contributed by atoms with E-state index in [9.17, 15) is 13.2 Å². The fourth-order valence-corrected chi connectivity index (χ4v) is 2.31. The molecule has 1 saturated heterocycles. The van der Waals surface area contributed by atoms with Crippen molar-refractivity contribution in [3.05, 3.63) is 0 Å². The van der Waals surface area contributed by atoms with Crippen molar-refractivity contribution in [1.82, 2.24) is 9.91 Å². The van der Waals surface area contributed by atoms with Crippen molar-refractivity contribution in [2.24, 2.45) is 0 Å². The molecular formula is C10H21F3N3+. The fraction of sp³-hybridized carbons (Fsp3) is 1.00. The molecule has 16 heavy (non-hydrogen) atoms. The first-order valence-electron chi connectivity index (χ1n) is 5.47. The number of piperazine rings is 1. The van der Waals surface area contributed by atoms with Crippen LogP contribution < -0.4 is 0 Å². The van der Waals surface area contributed by atoms with Gasteiger partial charge in [0.1, 0.15) is 0 Å². The highest BCUT2D eigenvalue weighted by Crippen LogP contribution is 2.20. The van der Waals surface area contributed by atoms with Gasteiger partial charge in [0.2, 0.25) is 0 Å². The van der Waals surface area contributed by atoms with Gasteiger partial charge in [-0.2, -0.15) is 18.2 Å². The van der Waals surface area contributed by atoms with Gasteiger partial charge in [0.05, 0.1) is 40.3 Å². The molecule has 0 radical (unpaired) electrons. The van der Waals surface area contributed by atoms with Crippen molar-refractivity contribution in [3.8, 4) is 0 Å². The first kappa shape index (κ1) is 13.7. The van der Waals surface area contributed by atoms with E-state index in [0.29, 0.717) is 24.2 Å². The minimum absolute atomic E-state index is 0.149. The molecule has 0 aromatic carbocycles. The second-order valence-electron chi connectivity index (χ2n) is 5.30. The molecule has 0 bridgehead atoms. The Balaban J connectivity index is 2.52. The zero-order valence-corrected chi connectivity index (χ0v) is 10.4. The average molecular weight is 240 g/mol.